The molecule has 0 spiro atoms. The van der Waals surface area contributed by atoms with Gasteiger partial charge >= 0.3 is 5.97 Å². The van der Waals surface area contributed by atoms with Crippen LogP contribution in [0.3, 0.4) is 0 Å². The third-order valence-electron chi connectivity index (χ3n) is 8.10. The monoisotopic (exact) mass is 536 g/mol. The van der Waals surface area contributed by atoms with E-state index in [1.54, 1.807) is 11.3 Å². The molecule has 2 aliphatic rings. The normalized spacial score (nSPS) is 24.5. The van der Waals surface area contributed by atoms with Gasteiger partial charge in [-0.2, -0.15) is 11.3 Å². The zero-order chi connectivity index (χ0) is 24.8. The number of piperidine rings is 1. The molecule has 3 atom stereocenters. The van der Waals surface area contributed by atoms with Crippen LogP contribution in [-0.4, -0.2) is 50.7 Å². The van der Waals surface area contributed by atoms with E-state index in [2.05, 4.69) is 40.0 Å². The summed E-state index contributed by atoms with van der Waals surface area (Å²) in [5.74, 6) is 1.05. The van der Waals surface area contributed by atoms with E-state index in [9.17, 15) is 4.79 Å². The SMILES string of the molecule is CCCC(CC1CCN(C[C@]2(Cc3ccc(Cl)cc3Cl)CNC[C@@H]2c2ccsc2)CC1)C(=O)OC. The second-order valence-corrected chi connectivity index (χ2v) is 12.1. The van der Waals surface area contributed by atoms with Gasteiger partial charge in [0.2, 0.25) is 0 Å². The average molecular weight is 538 g/mol. The number of benzene rings is 1. The van der Waals surface area contributed by atoms with Crippen molar-refractivity contribution in [3.05, 3.63) is 56.2 Å². The van der Waals surface area contributed by atoms with Crippen molar-refractivity contribution in [2.24, 2.45) is 17.3 Å². The summed E-state index contributed by atoms with van der Waals surface area (Å²) in [6.07, 6.45) is 6.12. The Morgan fingerprint density at radius 3 is 2.74 bits per heavy atom. The van der Waals surface area contributed by atoms with Crippen molar-refractivity contribution >= 4 is 40.5 Å². The summed E-state index contributed by atoms with van der Waals surface area (Å²) < 4.78 is 5.08. The fourth-order valence-electron chi connectivity index (χ4n) is 6.28. The molecule has 1 aromatic heterocycles. The molecular formula is C28H38Cl2N2O2S. The number of methoxy groups -OCH3 is 1. The Morgan fingerprint density at radius 1 is 1.29 bits per heavy atom. The van der Waals surface area contributed by atoms with Crippen LogP contribution in [0.4, 0.5) is 0 Å². The van der Waals surface area contributed by atoms with Crippen molar-refractivity contribution in [3.63, 3.8) is 0 Å². The summed E-state index contributed by atoms with van der Waals surface area (Å²) in [5, 5.41) is 9.66. The number of nitrogens with zero attached hydrogens (tertiary/aromatic N) is 1. The molecule has 0 bridgehead atoms. The average Bonchev–Trinajstić information content (AvgIpc) is 3.51. The number of esters is 1. The summed E-state index contributed by atoms with van der Waals surface area (Å²) in [7, 11) is 1.51. The molecule has 1 aromatic carbocycles. The zero-order valence-electron chi connectivity index (χ0n) is 20.9. The fourth-order valence-corrected chi connectivity index (χ4v) is 7.47. The number of carbonyl (C=O) groups is 1. The molecule has 1 N–H and O–H groups in total. The highest BCUT2D eigenvalue weighted by molar-refractivity contribution is 7.08. The highest BCUT2D eigenvalue weighted by Gasteiger charge is 2.45. The molecule has 2 aliphatic heterocycles. The maximum absolute atomic E-state index is 12.2. The summed E-state index contributed by atoms with van der Waals surface area (Å²) in [6, 6.07) is 8.21. The topological polar surface area (TPSA) is 41.6 Å². The number of halogens is 2. The predicted octanol–water partition coefficient (Wildman–Crippen LogP) is 6.66. The number of carbonyl (C=O) groups excluding carboxylic acids is 1. The Hall–Kier alpha value is -1.11. The van der Waals surface area contributed by atoms with E-state index < -0.39 is 0 Å². The molecule has 0 amide bonds. The molecule has 1 unspecified atom stereocenters. The van der Waals surface area contributed by atoms with E-state index in [4.69, 9.17) is 27.9 Å². The summed E-state index contributed by atoms with van der Waals surface area (Å²) >= 11 is 14.6. The molecule has 7 heteroatoms. The number of hydrogen-bond acceptors (Lipinski definition) is 5. The van der Waals surface area contributed by atoms with Crippen LogP contribution >= 0.6 is 34.5 Å². The second kappa shape index (κ2) is 12.4. The van der Waals surface area contributed by atoms with E-state index in [1.807, 2.05) is 12.1 Å². The number of likely N-dealkylation sites (tertiary alicyclic amines) is 1. The van der Waals surface area contributed by atoms with Gasteiger partial charge in [-0.05, 0) is 91.2 Å². The minimum Gasteiger partial charge on any atom is -0.469 e. The summed E-state index contributed by atoms with van der Waals surface area (Å²) in [5.41, 5.74) is 2.68. The Bertz CT molecular complexity index is 962. The Kier molecular flexibility index (Phi) is 9.56. The zero-order valence-corrected chi connectivity index (χ0v) is 23.2. The van der Waals surface area contributed by atoms with E-state index in [0.717, 1.165) is 76.3 Å². The van der Waals surface area contributed by atoms with Crippen LogP contribution in [0.15, 0.2) is 35.0 Å². The Morgan fingerprint density at radius 2 is 2.09 bits per heavy atom. The van der Waals surface area contributed by atoms with Gasteiger partial charge in [0.25, 0.3) is 0 Å². The van der Waals surface area contributed by atoms with Gasteiger partial charge in [-0.15, -0.1) is 0 Å². The van der Waals surface area contributed by atoms with Crippen LogP contribution in [0, 0.1) is 17.3 Å². The van der Waals surface area contributed by atoms with Crippen molar-refractivity contribution in [2.75, 3.05) is 39.8 Å². The number of nitrogens with one attached hydrogen (secondary N) is 1. The van der Waals surface area contributed by atoms with Crippen LogP contribution < -0.4 is 5.32 Å². The fraction of sp³-hybridized carbons (Fsp3) is 0.607. The van der Waals surface area contributed by atoms with Crippen LogP contribution in [0.5, 0.6) is 0 Å². The quantitative estimate of drug-likeness (QED) is 0.344. The van der Waals surface area contributed by atoms with Gasteiger partial charge in [0.05, 0.1) is 13.0 Å². The molecule has 4 rings (SSSR count). The van der Waals surface area contributed by atoms with Gasteiger partial charge in [-0.25, -0.2) is 0 Å². The maximum Gasteiger partial charge on any atom is 0.308 e. The molecule has 4 nitrogen and oxygen atoms in total. The lowest BCUT2D eigenvalue weighted by atomic mass is 9.70. The minimum atomic E-state index is -0.0382. The van der Waals surface area contributed by atoms with Gasteiger partial charge in [0, 0.05) is 41.0 Å². The van der Waals surface area contributed by atoms with E-state index in [1.165, 1.54) is 18.2 Å². The highest BCUT2D eigenvalue weighted by Crippen LogP contribution is 2.45. The third-order valence-corrected chi connectivity index (χ3v) is 9.39. The third kappa shape index (κ3) is 6.61. The van der Waals surface area contributed by atoms with Crippen LogP contribution in [0.1, 0.15) is 56.1 Å². The molecular weight excluding hydrogens is 499 g/mol. The highest BCUT2D eigenvalue weighted by atomic mass is 35.5. The largest absolute Gasteiger partial charge is 0.469 e. The number of hydrogen-bond donors (Lipinski definition) is 1. The number of rotatable bonds is 10. The maximum atomic E-state index is 12.2. The molecule has 35 heavy (non-hydrogen) atoms. The Balaban J connectivity index is 1.47. The lowest BCUT2D eigenvalue weighted by Crippen LogP contribution is -2.46. The standard InChI is InChI=1S/C28H38Cl2N2O2S/c1-3-4-21(27(33)34-2)13-20-7-10-32(11-8-20)19-28(15-22-5-6-24(29)14-26(22)30)18-31-16-25(28)23-9-12-35-17-23/h5-6,9,12,14,17,20-21,25,31H,3-4,7-8,10-11,13,15-16,18-19H2,1-2H3/t21?,25-,28+/m1/s1. The molecule has 2 aromatic rings. The summed E-state index contributed by atoms with van der Waals surface area (Å²) in [6.45, 7) is 7.32. The van der Waals surface area contributed by atoms with Crippen molar-refractivity contribution < 1.29 is 9.53 Å². The van der Waals surface area contributed by atoms with E-state index in [0.29, 0.717) is 16.9 Å². The minimum absolute atomic E-state index is 0.0382. The first-order valence-electron chi connectivity index (χ1n) is 12.9. The number of thiophene rings is 1. The first kappa shape index (κ1) is 26.9. The number of ether oxygens (including phenoxy) is 1. The molecule has 0 aliphatic carbocycles. The van der Waals surface area contributed by atoms with Gasteiger partial charge < -0.3 is 15.0 Å². The molecule has 0 saturated carbocycles. The van der Waals surface area contributed by atoms with Gasteiger partial charge in [-0.3, -0.25) is 4.79 Å². The van der Waals surface area contributed by atoms with Crippen LogP contribution in [0.25, 0.3) is 0 Å². The van der Waals surface area contributed by atoms with Crippen molar-refractivity contribution in [2.45, 2.75) is 51.4 Å². The molecule has 3 heterocycles. The first-order valence-corrected chi connectivity index (χ1v) is 14.6. The summed E-state index contributed by atoms with van der Waals surface area (Å²) in [4.78, 5) is 14.9. The molecule has 0 radical (unpaired) electrons. The molecule has 2 saturated heterocycles. The van der Waals surface area contributed by atoms with Gasteiger partial charge in [-0.1, -0.05) is 42.6 Å². The lowest BCUT2D eigenvalue weighted by Gasteiger charge is -2.42. The second-order valence-electron chi connectivity index (χ2n) is 10.5. The van der Waals surface area contributed by atoms with Crippen molar-refractivity contribution in [1.29, 1.82) is 0 Å². The van der Waals surface area contributed by atoms with E-state index in [-0.39, 0.29) is 17.3 Å². The molecule has 2 fully saturated rings. The van der Waals surface area contributed by atoms with E-state index >= 15 is 0 Å². The lowest BCUT2D eigenvalue weighted by molar-refractivity contribution is -0.146. The van der Waals surface area contributed by atoms with Gasteiger partial charge in [0.1, 0.15) is 0 Å². The van der Waals surface area contributed by atoms with Gasteiger partial charge in [0.15, 0.2) is 0 Å². The predicted molar refractivity (Wildman–Crippen MR) is 147 cm³/mol. The molecule has 192 valence electrons. The smallest absolute Gasteiger partial charge is 0.308 e. The Labute approximate surface area is 224 Å². The first-order chi connectivity index (χ1) is 16.9. The van der Waals surface area contributed by atoms with Crippen LogP contribution in [0.2, 0.25) is 10.0 Å². The van der Waals surface area contributed by atoms with Crippen LogP contribution in [-0.2, 0) is 16.0 Å². The van der Waals surface area contributed by atoms with Crippen molar-refractivity contribution in [1.82, 2.24) is 10.2 Å². The van der Waals surface area contributed by atoms with Crippen molar-refractivity contribution in [3.8, 4) is 0 Å².